The number of carbonyl (C=O) groups is 1. The van der Waals surface area contributed by atoms with Gasteiger partial charge >= 0.3 is 0 Å². The number of anilines is 2. The molecular formula is C26H22Cl2N2O3S2. The molecule has 0 aromatic heterocycles. The van der Waals surface area contributed by atoms with Crippen LogP contribution in [0.15, 0.2) is 65.6 Å². The van der Waals surface area contributed by atoms with Gasteiger partial charge in [0.15, 0.2) is 15.8 Å². The Balaban J connectivity index is 1.52. The molecule has 0 N–H and O–H groups in total. The highest BCUT2D eigenvalue weighted by molar-refractivity contribution is 8.27. The summed E-state index contributed by atoms with van der Waals surface area (Å²) >= 11 is 19.0. The zero-order chi connectivity index (χ0) is 25.1. The predicted molar refractivity (Wildman–Crippen MR) is 150 cm³/mol. The Hall–Kier alpha value is -2.71. The first-order valence-electron chi connectivity index (χ1n) is 10.6. The number of rotatable bonds is 7. The summed E-state index contributed by atoms with van der Waals surface area (Å²) in [4.78, 5) is 17.2. The summed E-state index contributed by atoms with van der Waals surface area (Å²) < 4.78 is 11.9. The maximum absolute atomic E-state index is 13.1. The van der Waals surface area contributed by atoms with Crippen LogP contribution in [0.4, 0.5) is 11.4 Å². The topological polar surface area (TPSA) is 42.0 Å². The Labute approximate surface area is 224 Å². The van der Waals surface area contributed by atoms with Crippen LogP contribution in [0.25, 0.3) is 6.08 Å². The lowest BCUT2D eigenvalue weighted by atomic mass is 10.1. The van der Waals surface area contributed by atoms with Crippen molar-refractivity contribution in [1.82, 2.24) is 0 Å². The van der Waals surface area contributed by atoms with E-state index < -0.39 is 0 Å². The number of methoxy groups -OCH3 is 1. The van der Waals surface area contributed by atoms with Crippen molar-refractivity contribution in [1.29, 1.82) is 0 Å². The van der Waals surface area contributed by atoms with Gasteiger partial charge in [0, 0.05) is 35.4 Å². The van der Waals surface area contributed by atoms with Gasteiger partial charge in [-0.15, -0.1) is 0 Å². The first-order chi connectivity index (χ1) is 16.8. The van der Waals surface area contributed by atoms with E-state index in [9.17, 15) is 4.79 Å². The Morgan fingerprint density at radius 2 is 1.77 bits per heavy atom. The quantitative estimate of drug-likeness (QED) is 0.234. The Morgan fingerprint density at radius 3 is 2.43 bits per heavy atom. The van der Waals surface area contributed by atoms with Crippen molar-refractivity contribution in [3.63, 3.8) is 0 Å². The van der Waals surface area contributed by atoms with E-state index in [1.54, 1.807) is 36.3 Å². The second kappa shape index (κ2) is 10.9. The third-order valence-corrected chi connectivity index (χ3v) is 7.19. The molecule has 4 rings (SSSR count). The van der Waals surface area contributed by atoms with Crippen molar-refractivity contribution in [2.24, 2.45) is 0 Å². The summed E-state index contributed by atoms with van der Waals surface area (Å²) in [6, 6.07) is 18.4. The van der Waals surface area contributed by atoms with Gasteiger partial charge in [-0.1, -0.05) is 59.3 Å². The summed E-state index contributed by atoms with van der Waals surface area (Å²) in [5, 5.41) is 1.10. The number of thiocarbonyl (C=S) groups is 1. The van der Waals surface area contributed by atoms with Gasteiger partial charge in [-0.3, -0.25) is 9.69 Å². The van der Waals surface area contributed by atoms with Gasteiger partial charge in [0.1, 0.15) is 6.61 Å². The second-order valence-corrected chi connectivity index (χ2v) is 10.4. The van der Waals surface area contributed by atoms with Gasteiger partial charge in [-0.05, 0) is 60.2 Å². The number of hydrogen-bond acceptors (Lipinski definition) is 6. The van der Waals surface area contributed by atoms with E-state index in [1.165, 1.54) is 11.8 Å². The smallest absolute Gasteiger partial charge is 0.270 e. The third-order valence-electron chi connectivity index (χ3n) is 5.30. The Kier molecular flexibility index (Phi) is 7.91. The van der Waals surface area contributed by atoms with Crippen LogP contribution >= 0.6 is 47.2 Å². The molecule has 0 spiro atoms. The summed E-state index contributed by atoms with van der Waals surface area (Å²) in [5.41, 5.74) is 3.39. The molecule has 0 atom stereocenters. The minimum atomic E-state index is -0.158. The Morgan fingerprint density at radius 1 is 1.03 bits per heavy atom. The van der Waals surface area contributed by atoms with Crippen LogP contribution in [-0.4, -0.2) is 31.4 Å². The number of thioether (sulfide) groups is 1. The summed E-state index contributed by atoms with van der Waals surface area (Å²) in [7, 11) is 5.50. The Bertz CT molecular complexity index is 1310. The zero-order valence-corrected chi connectivity index (χ0v) is 22.4. The second-order valence-electron chi connectivity index (χ2n) is 7.86. The number of nitrogens with zero attached hydrogens (tertiary/aromatic N) is 2. The number of benzene rings is 3. The van der Waals surface area contributed by atoms with Crippen LogP contribution in [-0.2, 0) is 11.4 Å². The maximum atomic E-state index is 13.1. The molecule has 1 heterocycles. The van der Waals surface area contributed by atoms with Crippen molar-refractivity contribution < 1.29 is 14.3 Å². The highest BCUT2D eigenvalue weighted by Gasteiger charge is 2.33. The fourth-order valence-electron chi connectivity index (χ4n) is 3.43. The molecule has 3 aromatic rings. The molecule has 0 saturated carbocycles. The summed E-state index contributed by atoms with van der Waals surface area (Å²) in [5.74, 6) is 0.942. The van der Waals surface area contributed by atoms with E-state index in [0.717, 1.165) is 22.5 Å². The van der Waals surface area contributed by atoms with Crippen molar-refractivity contribution in [3.05, 3.63) is 86.7 Å². The van der Waals surface area contributed by atoms with Crippen LogP contribution in [0.3, 0.4) is 0 Å². The predicted octanol–water partition coefficient (Wildman–Crippen LogP) is 7.05. The average molecular weight is 546 g/mol. The largest absolute Gasteiger partial charge is 0.493 e. The molecule has 0 bridgehead atoms. The number of halogens is 2. The molecule has 1 aliphatic heterocycles. The van der Waals surface area contributed by atoms with Gasteiger partial charge in [0.2, 0.25) is 0 Å². The zero-order valence-electron chi connectivity index (χ0n) is 19.2. The summed E-state index contributed by atoms with van der Waals surface area (Å²) in [6.07, 6.45) is 1.80. The van der Waals surface area contributed by atoms with E-state index in [0.29, 0.717) is 30.8 Å². The molecule has 5 nitrogen and oxygen atoms in total. The van der Waals surface area contributed by atoms with Crippen molar-refractivity contribution in [3.8, 4) is 11.5 Å². The number of ether oxygens (including phenoxy) is 2. The average Bonchev–Trinajstić information content (AvgIpc) is 3.11. The molecule has 9 heteroatoms. The molecule has 35 heavy (non-hydrogen) atoms. The minimum absolute atomic E-state index is 0.158. The summed E-state index contributed by atoms with van der Waals surface area (Å²) in [6.45, 7) is 0.261. The van der Waals surface area contributed by atoms with E-state index in [1.807, 2.05) is 61.5 Å². The van der Waals surface area contributed by atoms with Crippen LogP contribution < -0.4 is 19.3 Å². The minimum Gasteiger partial charge on any atom is -0.493 e. The van der Waals surface area contributed by atoms with Crippen LogP contribution in [0.1, 0.15) is 11.1 Å². The lowest BCUT2D eigenvalue weighted by molar-refractivity contribution is -0.113. The van der Waals surface area contributed by atoms with Crippen LogP contribution in [0.5, 0.6) is 11.5 Å². The van der Waals surface area contributed by atoms with E-state index in [2.05, 4.69) is 0 Å². The van der Waals surface area contributed by atoms with Crippen molar-refractivity contribution in [2.45, 2.75) is 6.61 Å². The fraction of sp³-hybridized carbons (Fsp3) is 0.154. The molecule has 180 valence electrons. The third kappa shape index (κ3) is 5.76. The van der Waals surface area contributed by atoms with Crippen LogP contribution in [0, 0.1) is 0 Å². The van der Waals surface area contributed by atoms with E-state index in [4.69, 9.17) is 44.9 Å². The lowest BCUT2D eigenvalue weighted by Gasteiger charge is -2.17. The maximum Gasteiger partial charge on any atom is 0.270 e. The highest BCUT2D eigenvalue weighted by atomic mass is 35.5. The monoisotopic (exact) mass is 544 g/mol. The van der Waals surface area contributed by atoms with Crippen LogP contribution in [0.2, 0.25) is 10.0 Å². The first kappa shape index (κ1) is 25.4. The van der Waals surface area contributed by atoms with Gasteiger partial charge in [0.05, 0.1) is 17.7 Å². The molecule has 0 radical (unpaired) electrons. The van der Waals surface area contributed by atoms with Gasteiger partial charge in [0.25, 0.3) is 5.91 Å². The molecule has 1 aliphatic rings. The number of hydrogen-bond donors (Lipinski definition) is 0. The van der Waals surface area contributed by atoms with E-state index in [-0.39, 0.29) is 12.5 Å². The molecule has 1 saturated heterocycles. The lowest BCUT2D eigenvalue weighted by Crippen LogP contribution is -2.27. The molecular weight excluding hydrogens is 523 g/mol. The molecule has 0 aliphatic carbocycles. The molecule has 0 unspecified atom stereocenters. The van der Waals surface area contributed by atoms with Gasteiger partial charge in [-0.2, -0.15) is 0 Å². The van der Waals surface area contributed by atoms with Gasteiger partial charge in [-0.25, -0.2) is 0 Å². The molecule has 1 amide bonds. The number of carbonyl (C=O) groups excluding carboxylic acids is 1. The molecule has 3 aromatic carbocycles. The van der Waals surface area contributed by atoms with Crippen molar-refractivity contribution in [2.75, 3.05) is 31.0 Å². The van der Waals surface area contributed by atoms with Gasteiger partial charge < -0.3 is 14.4 Å². The highest BCUT2D eigenvalue weighted by Crippen LogP contribution is 2.38. The normalized spacial score (nSPS) is 14.5. The van der Waals surface area contributed by atoms with E-state index >= 15 is 0 Å². The molecule has 1 fully saturated rings. The van der Waals surface area contributed by atoms with Crippen molar-refractivity contribution >= 4 is 74.9 Å². The first-order valence-corrected chi connectivity index (χ1v) is 12.5. The standard InChI is InChI=1S/C26H22Cl2N2O3S2/c1-29(2)19-7-9-20(10-8-19)30-25(31)24(35-26(30)34)13-16-4-11-22(23(12-16)32-3)33-15-17-5-6-18(27)14-21(17)28/h4-14H,15H2,1-3H3/b24-13+. The SMILES string of the molecule is COc1cc(/C=C2/SC(=S)N(c3ccc(N(C)C)cc3)C2=O)ccc1OCc1ccc(Cl)cc1Cl. The number of amides is 1. The fourth-order valence-corrected chi connectivity index (χ4v) is 5.19.